The molecule has 0 saturated carbocycles. The number of amides is 1. The van der Waals surface area contributed by atoms with Crippen LogP contribution in [0, 0.1) is 6.92 Å². The van der Waals surface area contributed by atoms with Crippen molar-refractivity contribution in [2.45, 2.75) is 13.5 Å². The number of anilines is 1. The Morgan fingerprint density at radius 1 is 1.42 bits per heavy atom. The minimum absolute atomic E-state index is 0.0988. The summed E-state index contributed by atoms with van der Waals surface area (Å²) in [5.74, 6) is 0.661. The normalized spacial score (nSPS) is 10.4. The van der Waals surface area contributed by atoms with E-state index in [1.807, 2.05) is 37.3 Å². The van der Waals surface area contributed by atoms with Crippen LogP contribution in [-0.2, 0) is 11.3 Å². The maximum absolute atomic E-state index is 11.7. The van der Waals surface area contributed by atoms with Gasteiger partial charge in [-0.05, 0) is 25.1 Å². The standard InChI is InChI=1S/C13H14BrN3O2/c1-9-5-12(17-19-9)7-15-8-13(18)16-11-4-2-3-10(14)6-11/h2-6,15H,7-8H2,1H3,(H,16,18). The summed E-state index contributed by atoms with van der Waals surface area (Å²) in [5, 5.41) is 9.64. The number of hydrogen-bond acceptors (Lipinski definition) is 4. The van der Waals surface area contributed by atoms with E-state index in [9.17, 15) is 4.79 Å². The van der Waals surface area contributed by atoms with Gasteiger partial charge >= 0.3 is 0 Å². The predicted octanol–water partition coefficient (Wildman–Crippen LogP) is 2.47. The van der Waals surface area contributed by atoms with Crippen LogP contribution >= 0.6 is 15.9 Å². The Morgan fingerprint density at radius 2 is 2.26 bits per heavy atom. The lowest BCUT2D eigenvalue weighted by atomic mass is 10.3. The molecule has 0 bridgehead atoms. The molecule has 0 aliphatic heterocycles. The minimum atomic E-state index is -0.0988. The third kappa shape index (κ3) is 4.50. The Balaban J connectivity index is 1.76. The summed E-state index contributed by atoms with van der Waals surface area (Å²) in [6, 6.07) is 9.29. The number of nitrogens with one attached hydrogen (secondary N) is 2. The molecular weight excluding hydrogens is 310 g/mol. The first-order valence-corrected chi connectivity index (χ1v) is 6.61. The van der Waals surface area contributed by atoms with Crippen LogP contribution in [0.1, 0.15) is 11.5 Å². The quantitative estimate of drug-likeness (QED) is 0.887. The summed E-state index contributed by atoms with van der Waals surface area (Å²) in [5.41, 5.74) is 1.55. The number of carbonyl (C=O) groups excluding carboxylic acids is 1. The Bertz CT molecular complexity index is 569. The molecular formula is C13H14BrN3O2. The molecule has 0 aliphatic rings. The van der Waals surface area contributed by atoms with E-state index in [4.69, 9.17) is 4.52 Å². The zero-order chi connectivity index (χ0) is 13.7. The molecule has 0 radical (unpaired) electrons. The van der Waals surface area contributed by atoms with E-state index in [0.29, 0.717) is 6.54 Å². The minimum Gasteiger partial charge on any atom is -0.361 e. The smallest absolute Gasteiger partial charge is 0.238 e. The van der Waals surface area contributed by atoms with E-state index < -0.39 is 0 Å². The van der Waals surface area contributed by atoms with E-state index in [0.717, 1.165) is 21.6 Å². The Hall–Kier alpha value is -1.66. The van der Waals surface area contributed by atoms with E-state index in [-0.39, 0.29) is 12.5 Å². The maximum atomic E-state index is 11.7. The molecule has 6 heteroatoms. The molecule has 5 nitrogen and oxygen atoms in total. The number of carbonyl (C=O) groups is 1. The third-order valence-electron chi connectivity index (χ3n) is 2.38. The van der Waals surface area contributed by atoms with Crippen molar-refractivity contribution in [1.82, 2.24) is 10.5 Å². The average molecular weight is 324 g/mol. The highest BCUT2D eigenvalue weighted by Crippen LogP contribution is 2.15. The van der Waals surface area contributed by atoms with E-state index in [1.165, 1.54) is 0 Å². The van der Waals surface area contributed by atoms with Crippen molar-refractivity contribution in [3.63, 3.8) is 0 Å². The Kier molecular flexibility index (Phi) is 4.70. The Morgan fingerprint density at radius 3 is 2.95 bits per heavy atom. The molecule has 1 aromatic heterocycles. The van der Waals surface area contributed by atoms with E-state index in [1.54, 1.807) is 0 Å². The molecule has 19 heavy (non-hydrogen) atoms. The fraction of sp³-hybridized carbons (Fsp3) is 0.231. The van der Waals surface area contributed by atoms with Crippen LogP contribution in [0.3, 0.4) is 0 Å². The number of hydrogen-bond donors (Lipinski definition) is 2. The Labute approximate surface area is 119 Å². The van der Waals surface area contributed by atoms with Crippen molar-refractivity contribution in [2.24, 2.45) is 0 Å². The summed E-state index contributed by atoms with van der Waals surface area (Å²) in [6.07, 6.45) is 0. The van der Waals surface area contributed by atoms with E-state index in [2.05, 4.69) is 31.7 Å². The number of aromatic nitrogens is 1. The first kappa shape index (κ1) is 13.8. The summed E-state index contributed by atoms with van der Waals surface area (Å²) in [4.78, 5) is 11.7. The zero-order valence-electron chi connectivity index (χ0n) is 10.4. The van der Waals surface area contributed by atoms with Crippen LogP contribution in [0.25, 0.3) is 0 Å². The zero-order valence-corrected chi connectivity index (χ0v) is 12.0. The lowest BCUT2D eigenvalue weighted by molar-refractivity contribution is -0.115. The molecule has 0 aliphatic carbocycles. The fourth-order valence-corrected chi connectivity index (χ4v) is 1.98. The van der Waals surface area contributed by atoms with Crippen LogP contribution in [0.15, 0.2) is 39.3 Å². The van der Waals surface area contributed by atoms with Gasteiger partial charge in [0.2, 0.25) is 5.91 Å². The largest absolute Gasteiger partial charge is 0.361 e. The summed E-state index contributed by atoms with van der Waals surface area (Å²) in [6.45, 7) is 2.55. The molecule has 0 unspecified atom stereocenters. The van der Waals surface area contributed by atoms with Crippen molar-refractivity contribution in [3.8, 4) is 0 Å². The van der Waals surface area contributed by atoms with Crippen molar-refractivity contribution >= 4 is 27.5 Å². The van der Waals surface area contributed by atoms with Gasteiger partial charge in [0.15, 0.2) is 0 Å². The van der Waals surface area contributed by atoms with Crippen LogP contribution in [-0.4, -0.2) is 17.6 Å². The van der Waals surface area contributed by atoms with Crippen LogP contribution in [0.4, 0.5) is 5.69 Å². The molecule has 2 N–H and O–H groups in total. The van der Waals surface area contributed by atoms with Crippen LogP contribution in [0.2, 0.25) is 0 Å². The first-order chi connectivity index (χ1) is 9.13. The lowest BCUT2D eigenvalue weighted by Gasteiger charge is -2.06. The molecule has 2 rings (SSSR count). The van der Waals surface area contributed by atoms with Crippen LogP contribution in [0.5, 0.6) is 0 Å². The van der Waals surface area contributed by atoms with Crippen molar-refractivity contribution in [3.05, 3.63) is 46.3 Å². The molecule has 0 saturated heterocycles. The maximum Gasteiger partial charge on any atom is 0.238 e. The molecule has 2 aromatic rings. The van der Waals surface area contributed by atoms with Gasteiger partial charge in [0, 0.05) is 22.8 Å². The monoisotopic (exact) mass is 323 g/mol. The van der Waals surface area contributed by atoms with Gasteiger partial charge in [0.1, 0.15) is 5.76 Å². The number of halogens is 1. The molecule has 1 heterocycles. The molecule has 1 amide bonds. The number of aryl methyl sites for hydroxylation is 1. The molecule has 0 atom stereocenters. The summed E-state index contributed by atoms with van der Waals surface area (Å²) < 4.78 is 5.86. The predicted molar refractivity (Wildman–Crippen MR) is 75.7 cm³/mol. The number of benzene rings is 1. The van der Waals surface area contributed by atoms with Gasteiger partial charge in [0.05, 0.1) is 12.2 Å². The second-order valence-electron chi connectivity index (χ2n) is 4.09. The van der Waals surface area contributed by atoms with Gasteiger partial charge in [-0.15, -0.1) is 0 Å². The first-order valence-electron chi connectivity index (χ1n) is 5.82. The van der Waals surface area contributed by atoms with Gasteiger partial charge in [0.25, 0.3) is 0 Å². The highest BCUT2D eigenvalue weighted by atomic mass is 79.9. The number of nitrogens with zero attached hydrogens (tertiary/aromatic N) is 1. The van der Waals surface area contributed by atoms with Gasteiger partial charge in [-0.3, -0.25) is 4.79 Å². The van der Waals surface area contributed by atoms with Crippen molar-refractivity contribution < 1.29 is 9.32 Å². The average Bonchev–Trinajstić information content (AvgIpc) is 2.75. The van der Waals surface area contributed by atoms with E-state index >= 15 is 0 Å². The van der Waals surface area contributed by atoms with Gasteiger partial charge in [-0.2, -0.15) is 0 Å². The van der Waals surface area contributed by atoms with Crippen molar-refractivity contribution in [2.75, 3.05) is 11.9 Å². The third-order valence-corrected chi connectivity index (χ3v) is 2.87. The second-order valence-corrected chi connectivity index (χ2v) is 5.01. The molecule has 0 spiro atoms. The molecule has 100 valence electrons. The van der Waals surface area contributed by atoms with Gasteiger partial charge in [-0.25, -0.2) is 0 Å². The van der Waals surface area contributed by atoms with Crippen LogP contribution < -0.4 is 10.6 Å². The molecule has 1 aromatic carbocycles. The fourth-order valence-electron chi connectivity index (χ4n) is 1.58. The number of rotatable bonds is 5. The van der Waals surface area contributed by atoms with Gasteiger partial charge < -0.3 is 15.2 Å². The lowest BCUT2D eigenvalue weighted by Crippen LogP contribution is -2.27. The summed E-state index contributed by atoms with van der Waals surface area (Å²) in [7, 11) is 0. The topological polar surface area (TPSA) is 67.2 Å². The highest BCUT2D eigenvalue weighted by Gasteiger charge is 2.04. The SMILES string of the molecule is Cc1cc(CNCC(=O)Nc2cccc(Br)c2)no1. The van der Waals surface area contributed by atoms with Crippen molar-refractivity contribution in [1.29, 1.82) is 0 Å². The second kappa shape index (κ2) is 6.49. The highest BCUT2D eigenvalue weighted by molar-refractivity contribution is 9.10. The summed E-state index contributed by atoms with van der Waals surface area (Å²) >= 11 is 3.35. The molecule has 0 fully saturated rings. The van der Waals surface area contributed by atoms with Gasteiger partial charge in [-0.1, -0.05) is 27.2 Å².